The van der Waals surface area contributed by atoms with E-state index in [1.54, 1.807) is 28.4 Å². The van der Waals surface area contributed by atoms with Gasteiger partial charge in [0.05, 0.1) is 28.4 Å². The number of methoxy groups -OCH3 is 4. The van der Waals surface area contributed by atoms with Gasteiger partial charge in [0.2, 0.25) is 0 Å². The average Bonchev–Trinajstić information content (AvgIpc) is 2.98. The number of aromatic nitrogens is 2. The van der Waals surface area contributed by atoms with Crippen LogP contribution in [-0.2, 0) is 17.9 Å². The molecule has 2 aromatic carbocycles. The minimum Gasteiger partial charge on any atom is -0.497 e. The van der Waals surface area contributed by atoms with Gasteiger partial charge in [0.1, 0.15) is 41.3 Å². The standard InChI is InChI=1S/C29H37N5O5/c1-36-23-10-8-20(25(13-23)38-3)15-34(16-21-9-11-24(37-2)14-26(21)39-4)29-27(30)28(31-18-32-29)33-22-7-5-6-19(12-22)17-35/h8-11,13-14,17-19,22H,5-7,12,15-16,30H2,1-4H3,(H,31,32,33). The number of aldehydes is 1. The molecule has 1 aromatic heterocycles. The van der Waals surface area contributed by atoms with Gasteiger partial charge in [-0.3, -0.25) is 0 Å². The Kier molecular flexibility index (Phi) is 9.30. The highest BCUT2D eigenvalue weighted by atomic mass is 16.5. The van der Waals surface area contributed by atoms with Gasteiger partial charge in [0.25, 0.3) is 0 Å². The highest BCUT2D eigenvalue weighted by Gasteiger charge is 2.24. The van der Waals surface area contributed by atoms with Gasteiger partial charge in [0.15, 0.2) is 11.6 Å². The Morgan fingerprint density at radius 3 is 2.08 bits per heavy atom. The fraction of sp³-hybridized carbons (Fsp3) is 0.414. The molecule has 1 saturated carbocycles. The van der Waals surface area contributed by atoms with Crippen LogP contribution in [0.5, 0.6) is 23.0 Å². The first-order valence-corrected chi connectivity index (χ1v) is 13.0. The van der Waals surface area contributed by atoms with Crippen molar-refractivity contribution in [2.24, 2.45) is 5.92 Å². The van der Waals surface area contributed by atoms with Crippen molar-refractivity contribution in [1.29, 1.82) is 0 Å². The van der Waals surface area contributed by atoms with E-state index in [1.165, 1.54) is 6.33 Å². The molecule has 10 heteroatoms. The summed E-state index contributed by atoms with van der Waals surface area (Å²) in [4.78, 5) is 22.5. The summed E-state index contributed by atoms with van der Waals surface area (Å²) >= 11 is 0. The molecule has 3 aromatic rings. The predicted octanol–water partition coefficient (Wildman–Crippen LogP) is 4.47. The van der Waals surface area contributed by atoms with Crippen LogP contribution >= 0.6 is 0 Å². The molecule has 1 fully saturated rings. The van der Waals surface area contributed by atoms with Crippen molar-refractivity contribution in [3.8, 4) is 23.0 Å². The SMILES string of the molecule is COc1ccc(CN(Cc2ccc(OC)cc2OC)c2ncnc(NC3CCCC(C=O)C3)c2N)c(OC)c1. The summed E-state index contributed by atoms with van der Waals surface area (Å²) in [6, 6.07) is 11.5. The van der Waals surface area contributed by atoms with Crippen molar-refractivity contribution in [2.75, 3.05) is 44.4 Å². The monoisotopic (exact) mass is 535 g/mol. The number of nitrogens with zero attached hydrogens (tertiary/aromatic N) is 3. The maximum absolute atomic E-state index is 11.4. The van der Waals surface area contributed by atoms with Crippen molar-refractivity contribution in [1.82, 2.24) is 9.97 Å². The lowest BCUT2D eigenvalue weighted by Crippen LogP contribution is -2.30. The Hall–Kier alpha value is -4.21. The molecule has 2 unspecified atom stereocenters. The lowest BCUT2D eigenvalue weighted by molar-refractivity contribution is -0.111. The van der Waals surface area contributed by atoms with Crippen molar-refractivity contribution >= 4 is 23.6 Å². The maximum atomic E-state index is 11.4. The number of rotatable bonds is 12. The molecular weight excluding hydrogens is 498 g/mol. The van der Waals surface area contributed by atoms with Gasteiger partial charge in [-0.1, -0.05) is 6.42 Å². The molecule has 1 aliphatic rings. The molecule has 2 atom stereocenters. The van der Waals surface area contributed by atoms with Gasteiger partial charge in [-0.05, 0) is 43.5 Å². The Bertz CT molecular complexity index is 1210. The van der Waals surface area contributed by atoms with Crippen LogP contribution < -0.4 is 34.9 Å². The molecule has 1 aliphatic carbocycles. The number of hydrogen-bond donors (Lipinski definition) is 2. The maximum Gasteiger partial charge on any atom is 0.158 e. The van der Waals surface area contributed by atoms with Crippen molar-refractivity contribution in [2.45, 2.75) is 44.8 Å². The normalized spacial score (nSPS) is 16.7. The second-order valence-electron chi connectivity index (χ2n) is 9.58. The van der Waals surface area contributed by atoms with Crippen LogP contribution in [0.4, 0.5) is 17.3 Å². The smallest absolute Gasteiger partial charge is 0.158 e. The average molecular weight is 536 g/mol. The van der Waals surface area contributed by atoms with Gasteiger partial charge in [-0.25, -0.2) is 9.97 Å². The third-order valence-electron chi connectivity index (χ3n) is 7.12. The lowest BCUT2D eigenvalue weighted by atomic mass is 9.87. The number of nitrogens with one attached hydrogen (secondary N) is 1. The third-order valence-corrected chi connectivity index (χ3v) is 7.12. The second-order valence-corrected chi connectivity index (χ2v) is 9.58. The van der Waals surface area contributed by atoms with Crippen LogP contribution in [0.1, 0.15) is 36.8 Å². The van der Waals surface area contributed by atoms with E-state index in [0.29, 0.717) is 53.4 Å². The first kappa shape index (κ1) is 27.8. The zero-order chi connectivity index (χ0) is 27.8. The summed E-state index contributed by atoms with van der Waals surface area (Å²) in [5.74, 6) is 3.97. The molecule has 0 radical (unpaired) electrons. The number of nitrogens with two attached hydrogens (primary N) is 1. The number of anilines is 3. The van der Waals surface area contributed by atoms with Crippen LogP contribution in [0, 0.1) is 5.92 Å². The number of benzene rings is 2. The number of hydrogen-bond acceptors (Lipinski definition) is 10. The molecule has 3 N–H and O–H groups in total. The van der Waals surface area contributed by atoms with Gasteiger partial charge >= 0.3 is 0 Å². The van der Waals surface area contributed by atoms with Crippen LogP contribution in [0.3, 0.4) is 0 Å². The first-order chi connectivity index (χ1) is 19.0. The van der Waals surface area contributed by atoms with Gasteiger partial charge < -0.3 is 39.7 Å². The van der Waals surface area contributed by atoms with Crippen molar-refractivity contribution in [3.05, 3.63) is 53.9 Å². The van der Waals surface area contributed by atoms with E-state index < -0.39 is 0 Å². The van der Waals surface area contributed by atoms with Gasteiger partial charge in [0, 0.05) is 48.3 Å². The van der Waals surface area contributed by atoms with E-state index in [0.717, 1.165) is 43.1 Å². The second kappa shape index (κ2) is 13.0. The molecule has 0 saturated heterocycles. The molecule has 39 heavy (non-hydrogen) atoms. The molecule has 1 heterocycles. The minimum atomic E-state index is 0.0559. The number of ether oxygens (including phenoxy) is 4. The fourth-order valence-corrected chi connectivity index (χ4v) is 5.01. The van der Waals surface area contributed by atoms with Gasteiger partial charge in [-0.2, -0.15) is 0 Å². The van der Waals surface area contributed by atoms with Crippen LogP contribution in [0.15, 0.2) is 42.7 Å². The first-order valence-electron chi connectivity index (χ1n) is 13.0. The topological polar surface area (TPSA) is 121 Å². The van der Waals surface area contributed by atoms with E-state index in [9.17, 15) is 4.79 Å². The van der Waals surface area contributed by atoms with E-state index in [1.807, 2.05) is 36.4 Å². The van der Waals surface area contributed by atoms with Crippen LogP contribution in [-0.4, -0.2) is 50.7 Å². The summed E-state index contributed by atoms with van der Waals surface area (Å²) in [5.41, 5.74) is 9.00. The lowest BCUT2D eigenvalue weighted by Gasteiger charge is -2.30. The third kappa shape index (κ3) is 6.63. The molecule has 0 spiro atoms. The zero-order valence-electron chi connectivity index (χ0n) is 23.0. The fourth-order valence-electron chi connectivity index (χ4n) is 5.01. The van der Waals surface area contributed by atoms with E-state index >= 15 is 0 Å². The van der Waals surface area contributed by atoms with E-state index in [4.69, 9.17) is 24.7 Å². The van der Waals surface area contributed by atoms with Gasteiger partial charge in [-0.15, -0.1) is 0 Å². The highest BCUT2D eigenvalue weighted by molar-refractivity contribution is 5.75. The Labute approximate surface area is 229 Å². The summed E-state index contributed by atoms with van der Waals surface area (Å²) in [6.07, 6.45) is 6.19. The largest absolute Gasteiger partial charge is 0.497 e. The number of carbonyl (C=O) groups is 1. The molecule has 0 aliphatic heterocycles. The molecule has 208 valence electrons. The Balaban J connectivity index is 1.70. The molecular formula is C29H37N5O5. The number of nitrogen functional groups attached to an aromatic ring is 1. The Morgan fingerprint density at radius 1 is 0.923 bits per heavy atom. The summed E-state index contributed by atoms with van der Waals surface area (Å²) < 4.78 is 22.1. The highest BCUT2D eigenvalue weighted by Crippen LogP contribution is 2.35. The Morgan fingerprint density at radius 2 is 1.54 bits per heavy atom. The van der Waals surface area contributed by atoms with Crippen LogP contribution in [0.2, 0.25) is 0 Å². The van der Waals surface area contributed by atoms with E-state index in [-0.39, 0.29) is 12.0 Å². The molecule has 10 nitrogen and oxygen atoms in total. The van der Waals surface area contributed by atoms with E-state index in [2.05, 4.69) is 20.2 Å². The van der Waals surface area contributed by atoms with Crippen molar-refractivity contribution in [3.63, 3.8) is 0 Å². The quantitative estimate of drug-likeness (QED) is 0.321. The molecule has 0 bridgehead atoms. The summed E-state index contributed by atoms with van der Waals surface area (Å²) in [6.45, 7) is 0.888. The van der Waals surface area contributed by atoms with Crippen molar-refractivity contribution < 1.29 is 23.7 Å². The summed E-state index contributed by atoms with van der Waals surface area (Å²) in [5, 5.41) is 3.47. The zero-order valence-corrected chi connectivity index (χ0v) is 23.0. The molecule has 0 amide bonds. The molecule has 4 rings (SSSR count). The summed E-state index contributed by atoms with van der Waals surface area (Å²) in [7, 11) is 6.51. The predicted molar refractivity (Wildman–Crippen MR) is 151 cm³/mol. The number of carbonyl (C=O) groups excluding carboxylic acids is 1. The van der Waals surface area contributed by atoms with Crippen LogP contribution in [0.25, 0.3) is 0 Å². The minimum absolute atomic E-state index is 0.0559.